The summed E-state index contributed by atoms with van der Waals surface area (Å²) in [5, 5.41) is 0. The van der Waals surface area contributed by atoms with Crippen LogP contribution in [0.25, 0.3) is 28.1 Å². The van der Waals surface area contributed by atoms with Crippen LogP contribution in [0.1, 0.15) is 5.56 Å². The van der Waals surface area contributed by atoms with Crippen molar-refractivity contribution in [1.29, 1.82) is 0 Å². The van der Waals surface area contributed by atoms with Crippen LogP contribution in [0.2, 0.25) is 0 Å². The number of aromatic nitrogens is 2. The zero-order valence-corrected chi connectivity index (χ0v) is 12.1. The van der Waals surface area contributed by atoms with E-state index in [1.165, 1.54) is 5.56 Å². The lowest BCUT2D eigenvalue weighted by molar-refractivity contribution is 1.39. The second-order valence-corrected chi connectivity index (χ2v) is 4.73. The Morgan fingerprint density at radius 1 is 0.727 bits per heavy atom. The molecule has 0 fully saturated rings. The summed E-state index contributed by atoms with van der Waals surface area (Å²) in [6.07, 6.45) is 1.83. The molecule has 4 rings (SSSR count). The first-order valence-electron chi connectivity index (χ1n) is 7.07. The second-order valence-electron chi connectivity index (χ2n) is 4.73. The molecule has 0 amide bonds. The molecular formula is C20H15N2. The van der Waals surface area contributed by atoms with Gasteiger partial charge in [0.2, 0.25) is 0 Å². The molecule has 22 heavy (non-hydrogen) atoms. The van der Waals surface area contributed by atoms with Crippen LogP contribution in [0.3, 0.4) is 0 Å². The van der Waals surface area contributed by atoms with E-state index in [-0.39, 0.29) is 0 Å². The Morgan fingerprint density at radius 2 is 1.36 bits per heavy atom. The molecule has 0 N–H and O–H groups in total. The highest BCUT2D eigenvalue weighted by atomic mass is 14.8. The van der Waals surface area contributed by atoms with E-state index < -0.39 is 0 Å². The first-order chi connectivity index (χ1) is 10.9. The van der Waals surface area contributed by atoms with Crippen LogP contribution in [-0.2, 0) is 0 Å². The fourth-order valence-electron chi connectivity index (χ4n) is 2.09. The van der Waals surface area contributed by atoms with E-state index in [4.69, 9.17) is 0 Å². The molecule has 0 spiro atoms. The van der Waals surface area contributed by atoms with Crippen molar-refractivity contribution < 1.29 is 0 Å². The SMILES string of the molecule is C=Cc1ccccc1.[c]1cccc2nc3ccccc3nc12. The highest BCUT2D eigenvalue weighted by Crippen LogP contribution is 2.14. The zero-order valence-electron chi connectivity index (χ0n) is 12.1. The van der Waals surface area contributed by atoms with Gasteiger partial charge in [-0.25, -0.2) is 9.97 Å². The third-order valence-electron chi connectivity index (χ3n) is 3.20. The quantitative estimate of drug-likeness (QED) is 0.464. The molecule has 0 aliphatic heterocycles. The molecule has 0 atom stereocenters. The summed E-state index contributed by atoms with van der Waals surface area (Å²) >= 11 is 0. The largest absolute Gasteiger partial charge is 0.244 e. The number of para-hydroxylation sites is 3. The van der Waals surface area contributed by atoms with E-state index >= 15 is 0 Å². The van der Waals surface area contributed by atoms with Crippen molar-refractivity contribution in [3.63, 3.8) is 0 Å². The molecule has 105 valence electrons. The number of nitrogens with zero attached hydrogens (tertiary/aromatic N) is 2. The summed E-state index contributed by atoms with van der Waals surface area (Å²) in [6, 6.07) is 26.7. The average molecular weight is 283 g/mol. The maximum atomic E-state index is 4.48. The van der Waals surface area contributed by atoms with Crippen molar-refractivity contribution in [2.24, 2.45) is 0 Å². The van der Waals surface area contributed by atoms with E-state index in [0.29, 0.717) is 0 Å². The molecule has 2 heteroatoms. The van der Waals surface area contributed by atoms with Gasteiger partial charge in [-0.2, -0.15) is 0 Å². The van der Waals surface area contributed by atoms with Gasteiger partial charge in [-0.3, -0.25) is 0 Å². The van der Waals surface area contributed by atoms with Gasteiger partial charge in [-0.05, 0) is 23.8 Å². The number of benzene rings is 3. The standard InChI is InChI=1S/C12H7N2.C8H8/c1-2-6-10-9(5-1)13-11-7-3-4-8-12(11)14-10;1-2-8-6-4-3-5-7-8/h1-7H;2-7H,1H2. The van der Waals surface area contributed by atoms with Gasteiger partial charge in [0.1, 0.15) is 0 Å². The van der Waals surface area contributed by atoms with Crippen LogP contribution in [-0.4, -0.2) is 9.97 Å². The highest BCUT2D eigenvalue weighted by molar-refractivity contribution is 5.85. The highest BCUT2D eigenvalue weighted by Gasteiger charge is 1.98. The Kier molecular flexibility index (Phi) is 4.21. The molecule has 0 saturated carbocycles. The Bertz CT molecular complexity index is 794. The van der Waals surface area contributed by atoms with Crippen LogP contribution in [0.5, 0.6) is 0 Å². The van der Waals surface area contributed by atoms with Gasteiger partial charge in [0.05, 0.1) is 22.1 Å². The number of rotatable bonds is 1. The van der Waals surface area contributed by atoms with Gasteiger partial charge in [-0.1, -0.05) is 67.3 Å². The molecule has 4 aromatic rings. The van der Waals surface area contributed by atoms with Crippen molar-refractivity contribution >= 4 is 28.1 Å². The van der Waals surface area contributed by atoms with Crippen molar-refractivity contribution in [2.75, 3.05) is 0 Å². The fourth-order valence-corrected chi connectivity index (χ4v) is 2.09. The lowest BCUT2D eigenvalue weighted by Crippen LogP contribution is -1.85. The van der Waals surface area contributed by atoms with Crippen molar-refractivity contribution in [3.8, 4) is 0 Å². The minimum absolute atomic E-state index is 0.825. The van der Waals surface area contributed by atoms with Crippen molar-refractivity contribution in [1.82, 2.24) is 9.97 Å². The van der Waals surface area contributed by atoms with Crippen LogP contribution in [0.15, 0.2) is 79.4 Å². The van der Waals surface area contributed by atoms with Gasteiger partial charge < -0.3 is 0 Å². The number of hydrogen-bond donors (Lipinski definition) is 0. The predicted molar refractivity (Wildman–Crippen MR) is 92.4 cm³/mol. The maximum Gasteiger partial charge on any atom is 0.0973 e. The van der Waals surface area contributed by atoms with Crippen LogP contribution in [0.4, 0.5) is 0 Å². The van der Waals surface area contributed by atoms with Crippen LogP contribution >= 0.6 is 0 Å². The Morgan fingerprint density at radius 3 is 2.05 bits per heavy atom. The van der Waals surface area contributed by atoms with E-state index in [2.05, 4.69) is 22.6 Å². The first-order valence-corrected chi connectivity index (χ1v) is 7.07. The minimum atomic E-state index is 0.825. The van der Waals surface area contributed by atoms with Crippen LogP contribution in [0, 0.1) is 6.07 Å². The van der Waals surface area contributed by atoms with Gasteiger partial charge in [0, 0.05) is 6.07 Å². The molecule has 0 bridgehead atoms. The molecule has 0 aliphatic rings. The molecule has 3 aromatic carbocycles. The predicted octanol–water partition coefficient (Wildman–Crippen LogP) is 4.91. The molecule has 2 nitrogen and oxygen atoms in total. The monoisotopic (exact) mass is 283 g/mol. The first kappa shape index (κ1) is 14.0. The van der Waals surface area contributed by atoms with Gasteiger partial charge >= 0.3 is 0 Å². The summed E-state index contributed by atoms with van der Waals surface area (Å²) in [4.78, 5) is 8.94. The Hall–Kier alpha value is -3.00. The normalized spacial score (nSPS) is 10.0. The van der Waals surface area contributed by atoms with E-state index in [1.54, 1.807) is 0 Å². The fraction of sp³-hybridized carbons (Fsp3) is 0. The smallest absolute Gasteiger partial charge is 0.0973 e. The summed E-state index contributed by atoms with van der Waals surface area (Å²) < 4.78 is 0. The molecule has 1 radical (unpaired) electrons. The van der Waals surface area contributed by atoms with Crippen molar-refractivity contribution in [2.45, 2.75) is 0 Å². The van der Waals surface area contributed by atoms with E-state index in [9.17, 15) is 0 Å². The minimum Gasteiger partial charge on any atom is -0.244 e. The third kappa shape index (κ3) is 3.18. The number of hydrogen-bond acceptors (Lipinski definition) is 2. The topological polar surface area (TPSA) is 25.8 Å². The zero-order chi connectivity index (χ0) is 15.2. The molecule has 1 aromatic heterocycles. The number of fused-ring (bicyclic) bond motifs is 2. The third-order valence-corrected chi connectivity index (χ3v) is 3.20. The maximum absolute atomic E-state index is 4.48. The Labute approximate surface area is 129 Å². The lowest BCUT2D eigenvalue weighted by atomic mass is 10.2. The van der Waals surface area contributed by atoms with Gasteiger partial charge in [-0.15, -0.1) is 0 Å². The van der Waals surface area contributed by atoms with Gasteiger partial charge in [0.15, 0.2) is 0 Å². The molecular weight excluding hydrogens is 268 g/mol. The van der Waals surface area contributed by atoms with E-state index in [1.807, 2.05) is 78.9 Å². The average Bonchev–Trinajstić information content (AvgIpc) is 2.61. The Balaban J connectivity index is 0.000000154. The summed E-state index contributed by atoms with van der Waals surface area (Å²) in [7, 11) is 0. The van der Waals surface area contributed by atoms with Crippen molar-refractivity contribution in [3.05, 3.63) is 91.0 Å². The van der Waals surface area contributed by atoms with Gasteiger partial charge in [0.25, 0.3) is 0 Å². The second kappa shape index (κ2) is 6.64. The molecule has 1 heterocycles. The summed E-state index contributed by atoms with van der Waals surface area (Å²) in [5.41, 5.74) is 4.74. The lowest BCUT2D eigenvalue weighted by Gasteiger charge is -1.98. The molecule has 0 unspecified atom stereocenters. The molecule has 0 aliphatic carbocycles. The van der Waals surface area contributed by atoms with Crippen LogP contribution < -0.4 is 0 Å². The van der Waals surface area contributed by atoms with E-state index in [0.717, 1.165) is 22.1 Å². The molecule has 0 saturated heterocycles. The summed E-state index contributed by atoms with van der Waals surface area (Å²) in [6.45, 7) is 3.63. The summed E-state index contributed by atoms with van der Waals surface area (Å²) in [5.74, 6) is 0.